The molecule has 3 aliphatic rings. The number of benzene rings is 1. The van der Waals surface area contributed by atoms with Gasteiger partial charge in [-0.3, -0.25) is 0 Å². The third-order valence-corrected chi connectivity index (χ3v) is 4.99. The highest BCUT2D eigenvalue weighted by Crippen LogP contribution is 2.67. The lowest BCUT2D eigenvalue weighted by Gasteiger charge is -2.49. The van der Waals surface area contributed by atoms with Gasteiger partial charge in [0, 0.05) is 0 Å². The normalized spacial score (nSPS) is 44.1. The van der Waals surface area contributed by atoms with Gasteiger partial charge >= 0.3 is 0 Å². The summed E-state index contributed by atoms with van der Waals surface area (Å²) in [5, 5.41) is 9.51. The fraction of sp³-hybridized carbons (Fsp3) is 0.500. The smallest absolute Gasteiger partial charge is 0.0858 e. The Morgan fingerprint density at radius 3 is 3.00 bits per heavy atom. The average molecular weight is 195 g/mol. The van der Waals surface area contributed by atoms with E-state index in [0.717, 1.165) is 18.3 Å². The molecule has 0 aliphatic heterocycles. The van der Waals surface area contributed by atoms with E-state index in [4.69, 9.17) is 0 Å². The van der Waals surface area contributed by atoms with E-state index in [9.17, 15) is 5.26 Å². The van der Waals surface area contributed by atoms with Crippen LogP contribution in [0, 0.1) is 23.2 Å². The van der Waals surface area contributed by atoms with Crippen LogP contribution in [-0.2, 0) is 5.41 Å². The molecular formula is C14H13N. The summed E-state index contributed by atoms with van der Waals surface area (Å²) in [6.07, 6.45) is 3.74. The lowest BCUT2D eigenvalue weighted by molar-refractivity contribution is 0.105. The van der Waals surface area contributed by atoms with E-state index in [0.29, 0.717) is 5.92 Å². The highest BCUT2D eigenvalue weighted by molar-refractivity contribution is 5.50. The van der Waals surface area contributed by atoms with Crippen LogP contribution in [0.5, 0.6) is 0 Å². The summed E-state index contributed by atoms with van der Waals surface area (Å²) in [5.41, 5.74) is 2.76. The Bertz CT molecular complexity index is 484. The Labute approximate surface area is 89.7 Å². The Balaban J connectivity index is 2.03. The van der Waals surface area contributed by atoms with Crippen LogP contribution in [-0.4, -0.2) is 0 Å². The average Bonchev–Trinajstić information content (AvgIpc) is 2.49. The molecule has 2 bridgehead atoms. The molecule has 15 heavy (non-hydrogen) atoms. The molecule has 3 aliphatic carbocycles. The minimum absolute atomic E-state index is 0.0890. The number of hydrogen-bond donors (Lipinski definition) is 0. The van der Waals surface area contributed by atoms with Gasteiger partial charge in [0.25, 0.3) is 0 Å². The van der Waals surface area contributed by atoms with Crippen LogP contribution in [0.25, 0.3) is 0 Å². The molecule has 0 spiro atoms. The van der Waals surface area contributed by atoms with Crippen molar-refractivity contribution in [1.29, 1.82) is 5.26 Å². The van der Waals surface area contributed by atoms with Crippen LogP contribution in [0.1, 0.15) is 36.3 Å². The molecule has 2 saturated carbocycles. The molecule has 0 saturated heterocycles. The fourth-order valence-corrected chi connectivity index (χ4v) is 4.37. The molecule has 4 atom stereocenters. The first-order chi connectivity index (χ1) is 7.35. The number of fused-ring (bicyclic) bond motifs is 4. The predicted molar refractivity (Wildman–Crippen MR) is 57.3 cm³/mol. The number of nitriles is 1. The molecule has 1 aromatic rings. The topological polar surface area (TPSA) is 23.8 Å². The molecule has 4 unspecified atom stereocenters. The van der Waals surface area contributed by atoms with Gasteiger partial charge in [-0.05, 0) is 48.1 Å². The molecule has 0 N–H and O–H groups in total. The second kappa shape index (κ2) is 2.27. The summed E-state index contributed by atoms with van der Waals surface area (Å²) in [6.45, 7) is 0. The standard InChI is InChI=1S/C14H13N/c15-8-14-7-10-5-9(6-13(10)14)11-3-1-2-4-12(11)14/h1-4,9-10,13H,5-7H2. The summed E-state index contributed by atoms with van der Waals surface area (Å²) in [5.74, 6) is 2.30. The minimum Gasteiger partial charge on any atom is -0.197 e. The summed E-state index contributed by atoms with van der Waals surface area (Å²) >= 11 is 0. The molecule has 74 valence electrons. The van der Waals surface area contributed by atoms with Gasteiger partial charge in [-0.2, -0.15) is 5.26 Å². The highest BCUT2D eigenvalue weighted by Gasteiger charge is 2.63. The van der Waals surface area contributed by atoms with Crippen LogP contribution in [0.4, 0.5) is 0 Å². The second-order valence-corrected chi connectivity index (χ2v) is 5.41. The maximum Gasteiger partial charge on any atom is 0.0858 e. The van der Waals surface area contributed by atoms with Gasteiger partial charge in [0.15, 0.2) is 0 Å². The highest BCUT2D eigenvalue weighted by atomic mass is 14.7. The van der Waals surface area contributed by atoms with Crippen molar-refractivity contribution in [2.24, 2.45) is 11.8 Å². The molecule has 1 nitrogen and oxygen atoms in total. The van der Waals surface area contributed by atoms with E-state index in [1.54, 1.807) is 0 Å². The minimum atomic E-state index is -0.0890. The van der Waals surface area contributed by atoms with E-state index in [1.807, 2.05) is 0 Å². The largest absolute Gasteiger partial charge is 0.197 e. The zero-order valence-electron chi connectivity index (χ0n) is 8.61. The second-order valence-electron chi connectivity index (χ2n) is 5.41. The monoisotopic (exact) mass is 195 g/mol. The van der Waals surface area contributed by atoms with Gasteiger partial charge in [-0.25, -0.2) is 0 Å². The van der Waals surface area contributed by atoms with Crippen molar-refractivity contribution >= 4 is 0 Å². The quantitative estimate of drug-likeness (QED) is 0.624. The zero-order valence-corrected chi connectivity index (χ0v) is 8.61. The van der Waals surface area contributed by atoms with E-state index in [-0.39, 0.29) is 5.41 Å². The number of rotatable bonds is 0. The Kier molecular flexibility index (Phi) is 1.20. The van der Waals surface area contributed by atoms with Crippen LogP contribution in [0.3, 0.4) is 0 Å². The molecule has 1 heteroatoms. The first-order valence-corrected chi connectivity index (χ1v) is 5.86. The van der Waals surface area contributed by atoms with E-state index >= 15 is 0 Å². The summed E-state index contributed by atoms with van der Waals surface area (Å²) in [4.78, 5) is 0. The Morgan fingerprint density at radius 1 is 1.27 bits per heavy atom. The lowest BCUT2D eigenvalue weighted by Crippen LogP contribution is -2.48. The van der Waals surface area contributed by atoms with Crippen molar-refractivity contribution in [3.63, 3.8) is 0 Å². The van der Waals surface area contributed by atoms with Crippen molar-refractivity contribution in [2.45, 2.75) is 30.6 Å². The molecule has 0 heterocycles. The zero-order chi connectivity index (χ0) is 10.0. The van der Waals surface area contributed by atoms with Crippen LogP contribution in [0.2, 0.25) is 0 Å². The SMILES string of the molecule is N#CC12CC3CC(CC31)c1ccccc12. The predicted octanol–water partition coefficient (Wildman–Crippen LogP) is 2.98. The van der Waals surface area contributed by atoms with Crippen molar-refractivity contribution in [3.8, 4) is 6.07 Å². The number of nitrogens with zero attached hydrogens (tertiary/aromatic N) is 1. The van der Waals surface area contributed by atoms with Crippen molar-refractivity contribution in [2.75, 3.05) is 0 Å². The van der Waals surface area contributed by atoms with Crippen LogP contribution >= 0.6 is 0 Å². The fourth-order valence-electron chi connectivity index (χ4n) is 4.37. The third kappa shape index (κ3) is 0.698. The summed E-state index contributed by atoms with van der Waals surface area (Å²) in [7, 11) is 0. The molecule has 0 aromatic heterocycles. The van der Waals surface area contributed by atoms with Crippen LogP contribution in [0.15, 0.2) is 24.3 Å². The van der Waals surface area contributed by atoms with Gasteiger partial charge in [0.1, 0.15) is 0 Å². The van der Waals surface area contributed by atoms with E-state index in [2.05, 4.69) is 30.3 Å². The van der Waals surface area contributed by atoms with E-state index < -0.39 is 0 Å². The van der Waals surface area contributed by atoms with Gasteiger partial charge in [-0.15, -0.1) is 0 Å². The Hall–Kier alpha value is -1.29. The first kappa shape index (κ1) is 7.93. The van der Waals surface area contributed by atoms with Crippen molar-refractivity contribution in [3.05, 3.63) is 35.4 Å². The van der Waals surface area contributed by atoms with Crippen molar-refractivity contribution < 1.29 is 0 Å². The summed E-state index contributed by atoms with van der Waals surface area (Å²) in [6, 6.07) is 11.3. The van der Waals surface area contributed by atoms with Gasteiger partial charge in [0.05, 0.1) is 11.5 Å². The molecule has 2 fully saturated rings. The maximum absolute atomic E-state index is 9.51. The third-order valence-electron chi connectivity index (χ3n) is 4.99. The molecule has 1 aromatic carbocycles. The Morgan fingerprint density at radius 2 is 2.13 bits per heavy atom. The first-order valence-electron chi connectivity index (χ1n) is 5.86. The van der Waals surface area contributed by atoms with Crippen molar-refractivity contribution in [1.82, 2.24) is 0 Å². The lowest BCUT2D eigenvalue weighted by atomic mass is 9.51. The van der Waals surface area contributed by atoms with Crippen LogP contribution < -0.4 is 0 Å². The molecule has 4 rings (SSSR count). The van der Waals surface area contributed by atoms with E-state index in [1.165, 1.54) is 24.0 Å². The van der Waals surface area contributed by atoms with Gasteiger partial charge < -0.3 is 0 Å². The van der Waals surface area contributed by atoms with Gasteiger partial charge in [0.2, 0.25) is 0 Å². The van der Waals surface area contributed by atoms with Gasteiger partial charge in [-0.1, -0.05) is 24.3 Å². The maximum atomic E-state index is 9.51. The number of hydrogen-bond acceptors (Lipinski definition) is 1. The molecule has 0 radical (unpaired) electrons. The summed E-state index contributed by atoms with van der Waals surface area (Å²) < 4.78 is 0. The molecular weight excluding hydrogens is 182 g/mol. The molecule has 0 amide bonds.